The Morgan fingerprint density at radius 3 is 2.37 bits per heavy atom. The van der Waals surface area contributed by atoms with E-state index in [2.05, 4.69) is 15.9 Å². The van der Waals surface area contributed by atoms with Crippen LogP contribution in [0.2, 0.25) is 0 Å². The summed E-state index contributed by atoms with van der Waals surface area (Å²) in [5.41, 5.74) is 1.16. The second kappa shape index (κ2) is 8.95. The van der Waals surface area contributed by atoms with Gasteiger partial charge in [0.15, 0.2) is 0 Å². The summed E-state index contributed by atoms with van der Waals surface area (Å²) >= 11 is 3.29. The standard InChI is InChI=1S/C21H25BrN2O5S/c1-23(2)30(26,27)20-12-14(5-9-18(20)22)21(25)24(16-6-7-16)13-15-11-17(28-3)8-10-19(15)29-4/h5,8-12,16H,6-7,13H2,1-4H3. The molecule has 0 bridgehead atoms. The van der Waals surface area contributed by atoms with E-state index in [1.54, 1.807) is 37.3 Å². The lowest BCUT2D eigenvalue weighted by Crippen LogP contribution is -2.33. The van der Waals surface area contributed by atoms with Gasteiger partial charge in [0.25, 0.3) is 5.91 Å². The van der Waals surface area contributed by atoms with Crippen molar-refractivity contribution < 1.29 is 22.7 Å². The molecule has 2 aromatic rings. The largest absolute Gasteiger partial charge is 0.497 e. The summed E-state index contributed by atoms with van der Waals surface area (Å²) in [7, 11) is 2.40. The van der Waals surface area contributed by atoms with Gasteiger partial charge >= 0.3 is 0 Å². The Kier molecular flexibility index (Phi) is 6.74. The molecule has 0 N–H and O–H groups in total. The molecule has 7 nitrogen and oxygen atoms in total. The number of rotatable bonds is 8. The van der Waals surface area contributed by atoms with E-state index < -0.39 is 10.0 Å². The highest BCUT2D eigenvalue weighted by Crippen LogP contribution is 2.34. The fraction of sp³-hybridized carbons (Fsp3) is 0.381. The van der Waals surface area contributed by atoms with Gasteiger partial charge < -0.3 is 14.4 Å². The molecule has 1 saturated carbocycles. The minimum Gasteiger partial charge on any atom is -0.497 e. The van der Waals surface area contributed by atoms with Crippen molar-refractivity contribution in [2.75, 3.05) is 28.3 Å². The minimum atomic E-state index is -3.69. The third kappa shape index (κ3) is 4.63. The van der Waals surface area contributed by atoms with Crippen LogP contribution in [0.4, 0.5) is 0 Å². The predicted molar refractivity (Wildman–Crippen MR) is 117 cm³/mol. The lowest BCUT2D eigenvalue weighted by Gasteiger charge is -2.24. The zero-order valence-corrected chi connectivity index (χ0v) is 19.8. The van der Waals surface area contributed by atoms with Crippen LogP contribution in [-0.4, -0.2) is 57.9 Å². The van der Waals surface area contributed by atoms with Crippen molar-refractivity contribution in [3.63, 3.8) is 0 Å². The van der Waals surface area contributed by atoms with Gasteiger partial charge in [-0.05, 0) is 65.2 Å². The predicted octanol–water partition coefficient (Wildman–Crippen LogP) is 3.52. The van der Waals surface area contributed by atoms with E-state index in [0.717, 1.165) is 22.7 Å². The fourth-order valence-corrected chi connectivity index (χ4v) is 4.98. The molecule has 0 unspecified atom stereocenters. The van der Waals surface area contributed by atoms with E-state index in [4.69, 9.17) is 9.47 Å². The number of ether oxygens (including phenoxy) is 2. The van der Waals surface area contributed by atoms with Crippen LogP contribution in [-0.2, 0) is 16.6 Å². The molecule has 0 radical (unpaired) electrons. The second-order valence-corrected chi connectivity index (χ2v) is 10.2. The Hall–Kier alpha value is -2.10. The first kappa shape index (κ1) is 22.6. The lowest BCUT2D eigenvalue weighted by atomic mass is 10.1. The van der Waals surface area contributed by atoms with Crippen LogP contribution in [0.5, 0.6) is 11.5 Å². The van der Waals surface area contributed by atoms with Gasteiger partial charge in [0.05, 0.1) is 25.7 Å². The molecule has 1 fully saturated rings. The summed E-state index contributed by atoms with van der Waals surface area (Å²) in [6.45, 7) is 0.343. The second-order valence-electron chi connectivity index (χ2n) is 7.27. The van der Waals surface area contributed by atoms with Crippen LogP contribution >= 0.6 is 15.9 Å². The molecule has 1 aliphatic carbocycles. The lowest BCUT2D eigenvalue weighted by molar-refractivity contribution is 0.0728. The van der Waals surface area contributed by atoms with Crippen molar-refractivity contribution >= 4 is 31.9 Å². The smallest absolute Gasteiger partial charge is 0.254 e. The molecule has 2 aromatic carbocycles. The Morgan fingerprint density at radius 2 is 1.80 bits per heavy atom. The highest BCUT2D eigenvalue weighted by molar-refractivity contribution is 9.10. The third-order valence-corrected chi connectivity index (χ3v) is 7.82. The van der Waals surface area contributed by atoms with Crippen molar-refractivity contribution in [2.45, 2.75) is 30.3 Å². The minimum absolute atomic E-state index is 0.0630. The number of hydrogen-bond donors (Lipinski definition) is 0. The summed E-state index contributed by atoms with van der Waals surface area (Å²) in [6.07, 6.45) is 1.83. The van der Waals surface area contributed by atoms with Crippen molar-refractivity contribution in [3.8, 4) is 11.5 Å². The van der Waals surface area contributed by atoms with Gasteiger partial charge in [0.1, 0.15) is 11.5 Å². The van der Waals surface area contributed by atoms with Crippen molar-refractivity contribution in [1.29, 1.82) is 0 Å². The maximum Gasteiger partial charge on any atom is 0.254 e. The van der Waals surface area contributed by atoms with E-state index in [1.807, 2.05) is 12.1 Å². The van der Waals surface area contributed by atoms with Gasteiger partial charge in [-0.1, -0.05) is 0 Å². The van der Waals surface area contributed by atoms with E-state index in [0.29, 0.717) is 28.1 Å². The first-order chi connectivity index (χ1) is 14.2. The summed E-state index contributed by atoms with van der Waals surface area (Å²) in [6, 6.07) is 10.3. The molecule has 30 heavy (non-hydrogen) atoms. The van der Waals surface area contributed by atoms with Crippen molar-refractivity contribution in [1.82, 2.24) is 9.21 Å². The third-order valence-electron chi connectivity index (χ3n) is 5.01. The summed E-state index contributed by atoms with van der Waals surface area (Å²) in [4.78, 5) is 15.2. The Labute approximate surface area is 185 Å². The molecule has 0 aromatic heterocycles. The number of hydrogen-bond acceptors (Lipinski definition) is 5. The number of amides is 1. The van der Waals surface area contributed by atoms with Crippen molar-refractivity contribution in [2.24, 2.45) is 0 Å². The molecular formula is C21H25BrN2O5S. The molecular weight excluding hydrogens is 472 g/mol. The van der Waals surface area contributed by atoms with Crippen LogP contribution in [0.15, 0.2) is 45.8 Å². The van der Waals surface area contributed by atoms with Gasteiger partial charge in [-0.2, -0.15) is 0 Å². The normalized spacial score (nSPS) is 13.9. The number of sulfonamides is 1. The quantitative estimate of drug-likeness (QED) is 0.558. The zero-order valence-electron chi connectivity index (χ0n) is 17.4. The Morgan fingerprint density at radius 1 is 1.10 bits per heavy atom. The highest BCUT2D eigenvalue weighted by atomic mass is 79.9. The van der Waals surface area contributed by atoms with Gasteiger partial charge in [0, 0.05) is 35.7 Å². The number of carbonyl (C=O) groups is 1. The van der Waals surface area contributed by atoms with Crippen LogP contribution in [0.1, 0.15) is 28.8 Å². The molecule has 0 spiro atoms. The van der Waals surface area contributed by atoms with E-state index in [9.17, 15) is 13.2 Å². The van der Waals surface area contributed by atoms with E-state index >= 15 is 0 Å². The average Bonchev–Trinajstić information content (AvgIpc) is 3.56. The first-order valence-electron chi connectivity index (χ1n) is 9.43. The summed E-state index contributed by atoms with van der Waals surface area (Å²) in [5.74, 6) is 1.13. The molecule has 3 rings (SSSR count). The SMILES string of the molecule is COc1ccc(OC)c(CN(C(=O)c2ccc(Br)c(S(=O)(=O)N(C)C)c2)C2CC2)c1. The molecule has 1 aliphatic rings. The number of methoxy groups -OCH3 is 2. The maximum absolute atomic E-state index is 13.4. The topological polar surface area (TPSA) is 76.1 Å². The Balaban J connectivity index is 1.97. The molecule has 0 heterocycles. The summed E-state index contributed by atoms with van der Waals surface area (Å²) < 4.78 is 37.6. The number of nitrogens with zero attached hydrogens (tertiary/aromatic N) is 2. The van der Waals surface area contributed by atoms with Gasteiger partial charge in [-0.25, -0.2) is 12.7 Å². The summed E-state index contributed by atoms with van der Waals surface area (Å²) in [5, 5.41) is 0. The Bertz CT molecular complexity index is 1050. The van der Waals surface area contributed by atoms with Crippen LogP contribution in [0.3, 0.4) is 0 Å². The number of halogens is 1. The number of carbonyl (C=O) groups excluding carboxylic acids is 1. The zero-order chi connectivity index (χ0) is 22.1. The van der Waals surface area contributed by atoms with Crippen LogP contribution < -0.4 is 9.47 Å². The van der Waals surface area contributed by atoms with Crippen LogP contribution in [0, 0.1) is 0 Å². The molecule has 0 atom stereocenters. The molecule has 1 amide bonds. The molecule has 162 valence electrons. The number of benzene rings is 2. The molecule has 9 heteroatoms. The van der Waals surface area contributed by atoms with Gasteiger partial charge in [-0.3, -0.25) is 4.79 Å². The van der Waals surface area contributed by atoms with E-state index in [-0.39, 0.29) is 16.8 Å². The molecule has 0 aliphatic heterocycles. The molecule has 0 saturated heterocycles. The highest BCUT2D eigenvalue weighted by Gasteiger charge is 2.34. The fourth-order valence-electron chi connectivity index (χ4n) is 3.14. The maximum atomic E-state index is 13.4. The average molecular weight is 497 g/mol. The van der Waals surface area contributed by atoms with Gasteiger partial charge in [0.2, 0.25) is 10.0 Å². The monoisotopic (exact) mass is 496 g/mol. The van der Waals surface area contributed by atoms with Gasteiger partial charge in [-0.15, -0.1) is 0 Å². The van der Waals surface area contributed by atoms with Crippen molar-refractivity contribution in [3.05, 3.63) is 52.0 Å². The van der Waals surface area contributed by atoms with E-state index in [1.165, 1.54) is 20.2 Å². The van der Waals surface area contributed by atoms with Crippen LogP contribution in [0.25, 0.3) is 0 Å². The first-order valence-corrected chi connectivity index (χ1v) is 11.7.